The Bertz CT molecular complexity index is 452. The van der Waals surface area contributed by atoms with Gasteiger partial charge in [-0.05, 0) is 60.3 Å². The quantitative estimate of drug-likeness (QED) is 0.721. The molecule has 0 aliphatic heterocycles. The van der Waals surface area contributed by atoms with Crippen LogP contribution in [0.15, 0.2) is 18.2 Å². The van der Waals surface area contributed by atoms with E-state index in [-0.39, 0.29) is 5.41 Å². The van der Waals surface area contributed by atoms with Gasteiger partial charge in [0.2, 0.25) is 0 Å². The molecule has 0 unspecified atom stereocenters. The topological polar surface area (TPSA) is 35.2 Å². The first-order chi connectivity index (χ1) is 10.1. The maximum absolute atomic E-state index is 6.08. The molecule has 0 aromatic heterocycles. The number of ether oxygens (including phenoxy) is 1. The lowest BCUT2D eigenvalue weighted by molar-refractivity contribution is 0.298. The highest BCUT2D eigenvalue weighted by atomic mass is 16.5. The Labute approximate surface area is 137 Å². The van der Waals surface area contributed by atoms with Gasteiger partial charge in [0.05, 0.1) is 6.61 Å². The second kappa shape index (κ2) is 8.01. The van der Waals surface area contributed by atoms with Crippen LogP contribution in [0.4, 0.5) is 0 Å². The number of nitrogens with two attached hydrogens (primary N) is 1. The number of hydrogen-bond acceptors (Lipinski definition) is 2. The molecule has 0 spiro atoms. The standard InChI is InChI=1S/C20H35NO/c1-19(2,3)14-16-9-10-17(15-20(4,5)6)18(13-16)22-12-8-7-11-21/h9-10,13H,7-8,11-12,14-15,21H2,1-6H3. The second-order valence-corrected chi connectivity index (χ2v) is 8.76. The molecular formula is C20H35NO. The molecule has 1 rings (SSSR count). The van der Waals surface area contributed by atoms with Gasteiger partial charge in [-0.3, -0.25) is 0 Å². The SMILES string of the molecule is CC(C)(C)Cc1ccc(CC(C)(C)C)c(OCCCCN)c1. The minimum atomic E-state index is 0.265. The predicted octanol–water partition coefficient (Wildman–Crippen LogP) is 4.98. The van der Waals surface area contributed by atoms with Crippen molar-refractivity contribution >= 4 is 0 Å². The Morgan fingerprint density at radius 1 is 0.909 bits per heavy atom. The number of hydrogen-bond donors (Lipinski definition) is 1. The smallest absolute Gasteiger partial charge is 0.122 e. The zero-order valence-corrected chi connectivity index (χ0v) is 15.5. The summed E-state index contributed by atoms with van der Waals surface area (Å²) >= 11 is 0. The minimum Gasteiger partial charge on any atom is -0.493 e. The lowest BCUT2D eigenvalue weighted by Crippen LogP contribution is -2.13. The van der Waals surface area contributed by atoms with Crippen molar-refractivity contribution in [3.63, 3.8) is 0 Å². The summed E-state index contributed by atoms with van der Waals surface area (Å²) in [5, 5.41) is 0. The average molecular weight is 306 g/mol. The molecule has 0 atom stereocenters. The molecule has 0 aliphatic rings. The molecule has 1 aromatic rings. The fourth-order valence-corrected chi connectivity index (χ4v) is 2.60. The molecule has 0 saturated carbocycles. The van der Waals surface area contributed by atoms with Crippen LogP contribution in [-0.2, 0) is 12.8 Å². The van der Waals surface area contributed by atoms with Crippen molar-refractivity contribution in [1.29, 1.82) is 0 Å². The molecule has 1 aromatic carbocycles. The van der Waals surface area contributed by atoms with Gasteiger partial charge in [0.25, 0.3) is 0 Å². The highest BCUT2D eigenvalue weighted by Crippen LogP contribution is 2.30. The fourth-order valence-electron chi connectivity index (χ4n) is 2.60. The zero-order chi connectivity index (χ0) is 16.8. The van der Waals surface area contributed by atoms with Crippen LogP contribution in [0, 0.1) is 10.8 Å². The summed E-state index contributed by atoms with van der Waals surface area (Å²) < 4.78 is 6.08. The molecule has 0 saturated heterocycles. The van der Waals surface area contributed by atoms with Crippen LogP contribution in [0.1, 0.15) is 65.5 Å². The Morgan fingerprint density at radius 3 is 2.09 bits per heavy atom. The molecule has 126 valence electrons. The van der Waals surface area contributed by atoms with Gasteiger partial charge >= 0.3 is 0 Å². The van der Waals surface area contributed by atoms with Crippen LogP contribution in [0.25, 0.3) is 0 Å². The van der Waals surface area contributed by atoms with Crippen LogP contribution in [-0.4, -0.2) is 13.2 Å². The molecule has 22 heavy (non-hydrogen) atoms. The Hall–Kier alpha value is -1.02. The van der Waals surface area contributed by atoms with E-state index in [9.17, 15) is 0 Å². The summed E-state index contributed by atoms with van der Waals surface area (Å²) in [5.41, 5.74) is 8.80. The maximum Gasteiger partial charge on any atom is 0.122 e. The molecule has 0 fully saturated rings. The first kappa shape index (κ1) is 19.0. The number of rotatable bonds is 7. The van der Waals surface area contributed by atoms with Gasteiger partial charge in [-0.25, -0.2) is 0 Å². The molecule has 2 N–H and O–H groups in total. The average Bonchev–Trinajstić information content (AvgIpc) is 2.34. The third-order valence-corrected chi connectivity index (χ3v) is 3.44. The highest BCUT2D eigenvalue weighted by Gasteiger charge is 2.17. The highest BCUT2D eigenvalue weighted by molar-refractivity contribution is 5.38. The summed E-state index contributed by atoms with van der Waals surface area (Å²) in [7, 11) is 0. The van der Waals surface area contributed by atoms with Crippen LogP contribution in [0.3, 0.4) is 0 Å². The zero-order valence-electron chi connectivity index (χ0n) is 15.5. The Morgan fingerprint density at radius 2 is 1.55 bits per heavy atom. The number of benzene rings is 1. The Kier molecular flexibility index (Phi) is 6.93. The van der Waals surface area contributed by atoms with Crippen molar-refractivity contribution in [3.8, 4) is 5.75 Å². The van der Waals surface area contributed by atoms with Crippen molar-refractivity contribution in [3.05, 3.63) is 29.3 Å². The summed E-state index contributed by atoms with van der Waals surface area (Å²) in [6.45, 7) is 15.1. The van der Waals surface area contributed by atoms with Crippen molar-refractivity contribution in [2.24, 2.45) is 16.6 Å². The van der Waals surface area contributed by atoms with Crippen LogP contribution in [0.5, 0.6) is 5.75 Å². The van der Waals surface area contributed by atoms with Gasteiger partial charge in [-0.2, -0.15) is 0 Å². The van der Waals surface area contributed by atoms with Crippen LogP contribution >= 0.6 is 0 Å². The molecule has 0 aliphatic carbocycles. The third kappa shape index (κ3) is 7.84. The van der Waals surface area contributed by atoms with Crippen molar-refractivity contribution in [2.75, 3.05) is 13.2 Å². The molecule has 2 nitrogen and oxygen atoms in total. The molecule has 0 amide bonds. The van der Waals surface area contributed by atoms with Crippen LogP contribution in [0.2, 0.25) is 0 Å². The predicted molar refractivity (Wildman–Crippen MR) is 96.5 cm³/mol. The van der Waals surface area contributed by atoms with E-state index < -0.39 is 0 Å². The van der Waals surface area contributed by atoms with Gasteiger partial charge in [-0.1, -0.05) is 53.7 Å². The van der Waals surface area contributed by atoms with E-state index in [0.717, 1.165) is 44.6 Å². The normalized spacial score (nSPS) is 12.5. The summed E-state index contributed by atoms with van der Waals surface area (Å²) in [6, 6.07) is 6.76. The molecule has 0 radical (unpaired) electrons. The van der Waals surface area contributed by atoms with Crippen molar-refractivity contribution in [1.82, 2.24) is 0 Å². The number of unbranched alkanes of at least 4 members (excludes halogenated alkanes) is 1. The minimum absolute atomic E-state index is 0.265. The third-order valence-electron chi connectivity index (χ3n) is 3.44. The van der Waals surface area contributed by atoms with Gasteiger partial charge in [0.1, 0.15) is 5.75 Å². The first-order valence-electron chi connectivity index (χ1n) is 8.55. The molecular weight excluding hydrogens is 270 g/mol. The molecule has 0 bridgehead atoms. The van der Waals surface area contributed by atoms with Gasteiger partial charge in [0.15, 0.2) is 0 Å². The first-order valence-corrected chi connectivity index (χ1v) is 8.55. The van der Waals surface area contributed by atoms with E-state index in [2.05, 4.69) is 59.7 Å². The summed E-state index contributed by atoms with van der Waals surface area (Å²) in [6.07, 6.45) is 4.15. The van der Waals surface area contributed by atoms with E-state index in [4.69, 9.17) is 10.5 Å². The lowest BCUT2D eigenvalue weighted by Gasteiger charge is -2.23. The maximum atomic E-state index is 6.08. The largest absolute Gasteiger partial charge is 0.493 e. The summed E-state index contributed by atoms with van der Waals surface area (Å²) in [4.78, 5) is 0. The van der Waals surface area contributed by atoms with Gasteiger partial charge in [-0.15, -0.1) is 0 Å². The van der Waals surface area contributed by atoms with Gasteiger partial charge in [0, 0.05) is 0 Å². The van der Waals surface area contributed by atoms with Gasteiger partial charge < -0.3 is 10.5 Å². The van der Waals surface area contributed by atoms with Crippen molar-refractivity contribution in [2.45, 2.75) is 67.2 Å². The molecule has 0 heterocycles. The summed E-state index contributed by atoms with van der Waals surface area (Å²) in [5.74, 6) is 1.06. The second-order valence-electron chi connectivity index (χ2n) is 8.76. The van der Waals surface area contributed by atoms with E-state index in [0.29, 0.717) is 5.41 Å². The van der Waals surface area contributed by atoms with E-state index in [1.807, 2.05) is 0 Å². The van der Waals surface area contributed by atoms with E-state index >= 15 is 0 Å². The molecule has 2 heteroatoms. The van der Waals surface area contributed by atoms with Crippen molar-refractivity contribution < 1.29 is 4.74 Å². The van der Waals surface area contributed by atoms with Crippen LogP contribution < -0.4 is 10.5 Å². The Balaban J connectivity index is 2.90. The fraction of sp³-hybridized carbons (Fsp3) is 0.700. The monoisotopic (exact) mass is 305 g/mol. The lowest BCUT2D eigenvalue weighted by atomic mass is 9.85. The van der Waals surface area contributed by atoms with E-state index in [1.165, 1.54) is 11.1 Å². The van der Waals surface area contributed by atoms with E-state index in [1.54, 1.807) is 0 Å².